The second kappa shape index (κ2) is 9.32. The van der Waals surface area contributed by atoms with E-state index in [0.717, 1.165) is 18.3 Å². The van der Waals surface area contributed by atoms with Gasteiger partial charge in [-0.05, 0) is 43.1 Å². The van der Waals surface area contributed by atoms with E-state index in [9.17, 15) is 0 Å². The van der Waals surface area contributed by atoms with E-state index in [2.05, 4.69) is 76.6 Å². The monoisotopic (exact) mass is 479 g/mol. The Bertz CT molecular complexity index is 687. The summed E-state index contributed by atoms with van der Waals surface area (Å²) in [5, 5.41) is 0. The van der Waals surface area contributed by atoms with Crippen LogP contribution in [0.3, 0.4) is 0 Å². The van der Waals surface area contributed by atoms with Gasteiger partial charge in [0, 0.05) is 5.92 Å². The molecular weight excluding hydrogens is 450 g/mol. The van der Waals surface area contributed by atoms with Gasteiger partial charge in [0.1, 0.15) is 0 Å². The molecule has 3 heteroatoms. The van der Waals surface area contributed by atoms with Crippen molar-refractivity contribution in [2.24, 2.45) is 28.6 Å². The summed E-state index contributed by atoms with van der Waals surface area (Å²) >= 11 is 0. The van der Waals surface area contributed by atoms with Crippen LogP contribution in [-0.2, 0) is 26.2 Å². The van der Waals surface area contributed by atoms with Crippen LogP contribution >= 0.6 is 0 Å². The average Bonchev–Trinajstić information content (AvgIpc) is 3.25. The maximum Gasteiger partial charge on any atom is 3.00 e. The quantitative estimate of drug-likeness (QED) is 0.401. The molecule has 4 aliphatic rings. The number of halogens is 2. The van der Waals surface area contributed by atoms with E-state index in [1.54, 1.807) is 16.7 Å². The topological polar surface area (TPSA) is 0 Å². The van der Waals surface area contributed by atoms with Crippen molar-refractivity contribution in [2.45, 2.75) is 53.4 Å². The molecule has 0 aromatic rings. The van der Waals surface area contributed by atoms with Crippen molar-refractivity contribution in [3.63, 3.8) is 0 Å². The molecule has 4 rings (SSSR count). The van der Waals surface area contributed by atoms with Gasteiger partial charge in [-0.2, -0.15) is 12.3 Å². The fourth-order valence-corrected chi connectivity index (χ4v) is 5.70. The molecule has 0 aromatic carbocycles. The third-order valence-electron chi connectivity index (χ3n) is 7.63. The van der Waals surface area contributed by atoms with Gasteiger partial charge in [0.25, 0.3) is 0 Å². The van der Waals surface area contributed by atoms with Crippen LogP contribution in [-0.4, -0.2) is 0 Å². The second-order valence-electron chi connectivity index (χ2n) is 8.91. The Hall–Kier alpha value is 0.163. The molecule has 0 bridgehead atoms. The Labute approximate surface area is 197 Å². The van der Waals surface area contributed by atoms with Gasteiger partial charge < -0.3 is 31.2 Å². The van der Waals surface area contributed by atoms with Crippen LogP contribution in [0.1, 0.15) is 53.4 Å². The molecule has 0 heterocycles. The van der Waals surface area contributed by atoms with Gasteiger partial charge in [0.05, 0.1) is 0 Å². The Kier molecular flexibility index (Phi) is 8.70. The summed E-state index contributed by atoms with van der Waals surface area (Å²) in [6.07, 6.45) is 24.4. The largest absolute Gasteiger partial charge is 3.00 e. The fourth-order valence-electron chi connectivity index (χ4n) is 5.70. The van der Waals surface area contributed by atoms with Gasteiger partial charge in [-0.15, -0.1) is 0 Å². The predicted molar refractivity (Wildman–Crippen MR) is 103 cm³/mol. The second-order valence-corrected chi connectivity index (χ2v) is 8.91. The predicted octanol–water partition coefficient (Wildman–Crippen LogP) is 0.604. The summed E-state index contributed by atoms with van der Waals surface area (Å²) in [6.45, 7) is 9.68. The van der Waals surface area contributed by atoms with Crippen molar-refractivity contribution < 1.29 is 51.0 Å². The van der Waals surface area contributed by atoms with Gasteiger partial charge >= 0.3 is 26.2 Å². The van der Waals surface area contributed by atoms with Crippen LogP contribution in [0.4, 0.5) is 0 Å². The summed E-state index contributed by atoms with van der Waals surface area (Å²) < 4.78 is 0. The Morgan fingerprint density at radius 3 is 2.33 bits per heavy atom. The molecule has 0 nitrogen and oxygen atoms in total. The van der Waals surface area contributed by atoms with Gasteiger partial charge in [-0.25, -0.2) is 0 Å². The first-order valence-corrected chi connectivity index (χ1v) is 9.70. The van der Waals surface area contributed by atoms with Gasteiger partial charge in [0.15, 0.2) is 0 Å². The summed E-state index contributed by atoms with van der Waals surface area (Å²) in [4.78, 5) is 0. The molecule has 0 spiro atoms. The standard InChI is InChI=1S/C24H31.2ClH.Zr/c1-17-16-19-8-7-11-22(19)24(4,18(17)2)21-12-14-23(3,15-13-21)20-9-5-6-10-20;;;/h5-6,9-14,19-20,22H,7-8,15-16H2,1-4H3;2*1H;/q-1;;;+3/p-2. The third-order valence-corrected chi connectivity index (χ3v) is 7.63. The summed E-state index contributed by atoms with van der Waals surface area (Å²) in [6, 6.07) is 0. The number of hydrogen-bond acceptors (Lipinski definition) is 0. The minimum absolute atomic E-state index is 0. The SMILES string of the molecule is CC1=C(C)C(C)(C2=CCC(C)(C3C=CC=C3)C=C2)C2[CH-]CCC2C1.[Cl-].[Cl-].[Zr+3]. The Balaban J connectivity index is 0.00000121. The van der Waals surface area contributed by atoms with E-state index < -0.39 is 0 Å². The first kappa shape index (κ1) is 25.2. The van der Waals surface area contributed by atoms with E-state index in [-0.39, 0.29) is 61.8 Å². The van der Waals surface area contributed by atoms with Crippen molar-refractivity contribution in [2.75, 3.05) is 0 Å². The number of allylic oxidation sites excluding steroid dienone is 10. The molecule has 4 aliphatic carbocycles. The minimum atomic E-state index is 0. The molecule has 145 valence electrons. The third kappa shape index (κ3) is 4.08. The Morgan fingerprint density at radius 2 is 1.74 bits per heavy atom. The molecule has 0 aromatic heterocycles. The molecule has 1 radical (unpaired) electrons. The number of fused-ring (bicyclic) bond motifs is 1. The number of rotatable bonds is 2. The van der Waals surface area contributed by atoms with Gasteiger partial charge in [0.2, 0.25) is 0 Å². The van der Waals surface area contributed by atoms with Crippen LogP contribution in [0.25, 0.3) is 0 Å². The van der Waals surface area contributed by atoms with Crippen molar-refractivity contribution in [3.8, 4) is 0 Å². The first-order valence-electron chi connectivity index (χ1n) is 9.70. The van der Waals surface area contributed by atoms with E-state index in [1.807, 2.05) is 0 Å². The molecule has 27 heavy (non-hydrogen) atoms. The van der Waals surface area contributed by atoms with Crippen LogP contribution in [0.2, 0.25) is 0 Å². The summed E-state index contributed by atoms with van der Waals surface area (Å²) in [7, 11) is 0. The smallest absolute Gasteiger partial charge is 1.00 e. The maximum absolute atomic E-state index is 2.63. The number of hydrogen-bond donors (Lipinski definition) is 0. The molecular formula is C24H31Cl2Zr. The van der Waals surface area contributed by atoms with E-state index in [0.29, 0.717) is 5.92 Å². The summed E-state index contributed by atoms with van der Waals surface area (Å²) in [5.41, 5.74) is 5.28. The summed E-state index contributed by atoms with van der Waals surface area (Å²) in [5.74, 6) is 2.14. The van der Waals surface area contributed by atoms with Crippen molar-refractivity contribution in [1.29, 1.82) is 0 Å². The molecule has 0 amide bonds. The van der Waals surface area contributed by atoms with Crippen molar-refractivity contribution in [3.05, 3.63) is 65.7 Å². The van der Waals surface area contributed by atoms with Gasteiger partial charge in [-0.3, -0.25) is 0 Å². The molecule has 0 aliphatic heterocycles. The van der Waals surface area contributed by atoms with Crippen LogP contribution in [0.5, 0.6) is 0 Å². The first-order chi connectivity index (χ1) is 11.4. The van der Waals surface area contributed by atoms with E-state index in [4.69, 9.17) is 0 Å². The molecule has 1 saturated carbocycles. The normalized spacial score (nSPS) is 37.3. The van der Waals surface area contributed by atoms with E-state index >= 15 is 0 Å². The molecule has 0 N–H and O–H groups in total. The zero-order chi connectivity index (χ0) is 16.9. The molecule has 4 unspecified atom stereocenters. The zero-order valence-corrected chi connectivity index (χ0v) is 20.9. The minimum Gasteiger partial charge on any atom is -1.00 e. The van der Waals surface area contributed by atoms with Gasteiger partial charge in [-0.1, -0.05) is 79.9 Å². The van der Waals surface area contributed by atoms with Crippen LogP contribution in [0.15, 0.2) is 59.3 Å². The van der Waals surface area contributed by atoms with Crippen molar-refractivity contribution >= 4 is 0 Å². The molecule has 1 fully saturated rings. The van der Waals surface area contributed by atoms with Crippen LogP contribution < -0.4 is 24.8 Å². The fraction of sp³-hybridized carbons (Fsp3) is 0.542. The Morgan fingerprint density at radius 1 is 1.07 bits per heavy atom. The average molecular weight is 482 g/mol. The zero-order valence-electron chi connectivity index (χ0n) is 16.9. The molecule has 0 saturated heterocycles. The maximum atomic E-state index is 2.63. The van der Waals surface area contributed by atoms with Crippen molar-refractivity contribution in [1.82, 2.24) is 0 Å². The van der Waals surface area contributed by atoms with E-state index in [1.165, 1.54) is 19.3 Å². The molecule has 4 atom stereocenters. The van der Waals surface area contributed by atoms with Crippen LogP contribution in [0, 0.1) is 35.0 Å².